The van der Waals surface area contributed by atoms with E-state index in [1.807, 2.05) is 18.2 Å². The van der Waals surface area contributed by atoms with Crippen LogP contribution in [-0.4, -0.2) is 12.6 Å². The number of likely N-dealkylation sites (N-methyl/N-ethyl adjacent to an activating group) is 1. The van der Waals surface area contributed by atoms with E-state index < -0.39 is 0 Å². The zero-order chi connectivity index (χ0) is 13.5. The van der Waals surface area contributed by atoms with Gasteiger partial charge in [0.1, 0.15) is 0 Å². The first-order valence-corrected chi connectivity index (χ1v) is 7.51. The smallest absolute Gasteiger partial charge is 0.0453 e. The molecule has 0 aliphatic heterocycles. The molecule has 0 aromatic heterocycles. The van der Waals surface area contributed by atoms with Crippen LogP contribution in [0.1, 0.15) is 39.2 Å². The summed E-state index contributed by atoms with van der Waals surface area (Å²) in [5.41, 5.74) is 1.18. The number of hydrogen-bond donors (Lipinski definition) is 1. The third kappa shape index (κ3) is 4.79. The topological polar surface area (TPSA) is 12.0 Å². The van der Waals surface area contributed by atoms with E-state index in [0.717, 1.165) is 18.0 Å². The van der Waals surface area contributed by atoms with Gasteiger partial charge in [-0.15, -0.1) is 0 Å². The molecule has 1 aromatic carbocycles. The molecule has 102 valence electrons. The van der Waals surface area contributed by atoms with Gasteiger partial charge in [-0.2, -0.15) is 0 Å². The van der Waals surface area contributed by atoms with Crippen molar-refractivity contribution in [3.63, 3.8) is 0 Å². The van der Waals surface area contributed by atoms with Crippen molar-refractivity contribution in [3.05, 3.63) is 33.8 Å². The molecule has 0 radical (unpaired) electrons. The molecule has 2 atom stereocenters. The molecular formula is C15H23Cl2N. The van der Waals surface area contributed by atoms with E-state index in [1.165, 1.54) is 18.4 Å². The summed E-state index contributed by atoms with van der Waals surface area (Å²) in [6.45, 7) is 7.68. The van der Waals surface area contributed by atoms with Crippen molar-refractivity contribution in [2.45, 2.75) is 46.1 Å². The Bertz CT molecular complexity index is 366. The molecule has 0 aliphatic carbocycles. The van der Waals surface area contributed by atoms with E-state index in [0.29, 0.717) is 17.0 Å². The lowest BCUT2D eigenvalue weighted by molar-refractivity contribution is 0.358. The normalized spacial score (nSPS) is 14.5. The number of rotatable bonds is 7. The van der Waals surface area contributed by atoms with Crippen LogP contribution in [0.3, 0.4) is 0 Å². The summed E-state index contributed by atoms with van der Waals surface area (Å²) in [6.07, 6.45) is 3.42. The Hall–Kier alpha value is -0.240. The molecule has 0 bridgehead atoms. The lowest BCUT2D eigenvalue weighted by Gasteiger charge is -2.25. The Morgan fingerprint density at radius 3 is 2.50 bits per heavy atom. The minimum absolute atomic E-state index is 0.480. The maximum Gasteiger partial charge on any atom is 0.0453 e. The molecule has 0 spiro atoms. The van der Waals surface area contributed by atoms with E-state index in [-0.39, 0.29) is 0 Å². The van der Waals surface area contributed by atoms with Crippen molar-refractivity contribution < 1.29 is 0 Å². The molecule has 1 aromatic rings. The number of benzene rings is 1. The first-order valence-electron chi connectivity index (χ1n) is 6.75. The average molecular weight is 288 g/mol. The second-order valence-electron chi connectivity index (χ2n) is 4.87. The van der Waals surface area contributed by atoms with E-state index in [4.69, 9.17) is 23.2 Å². The minimum atomic E-state index is 0.480. The molecule has 0 amide bonds. The van der Waals surface area contributed by atoms with Gasteiger partial charge >= 0.3 is 0 Å². The van der Waals surface area contributed by atoms with Crippen LogP contribution in [0.25, 0.3) is 0 Å². The molecule has 1 N–H and O–H groups in total. The van der Waals surface area contributed by atoms with E-state index in [9.17, 15) is 0 Å². The van der Waals surface area contributed by atoms with Gasteiger partial charge in [0.15, 0.2) is 0 Å². The Morgan fingerprint density at radius 2 is 1.94 bits per heavy atom. The van der Waals surface area contributed by atoms with E-state index in [1.54, 1.807) is 0 Å². The summed E-state index contributed by atoms with van der Waals surface area (Å²) in [7, 11) is 0. The van der Waals surface area contributed by atoms with E-state index >= 15 is 0 Å². The highest BCUT2D eigenvalue weighted by molar-refractivity contribution is 6.35. The van der Waals surface area contributed by atoms with Gasteiger partial charge in [0, 0.05) is 16.1 Å². The van der Waals surface area contributed by atoms with Crippen LogP contribution in [0.5, 0.6) is 0 Å². The molecule has 1 rings (SSSR count). The van der Waals surface area contributed by atoms with Crippen LogP contribution in [0.2, 0.25) is 10.0 Å². The van der Waals surface area contributed by atoms with Crippen molar-refractivity contribution >= 4 is 23.2 Å². The van der Waals surface area contributed by atoms with Crippen molar-refractivity contribution in [2.75, 3.05) is 6.54 Å². The van der Waals surface area contributed by atoms with Gasteiger partial charge in [-0.25, -0.2) is 0 Å². The van der Waals surface area contributed by atoms with Crippen molar-refractivity contribution in [1.82, 2.24) is 5.32 Å². The molecule has 2 unspecified atom stereocenters. The molecule has 0 fully saturated rings. The van der Waals surface area contributed by atoms with Crippen LogP contribution < -0.4 is 5.32 Å². The summed E-state index contributed by atoms with van der Waals surface area (Å²) < 4.78 is 0. The maximum atomic E-state index is 6.24. The number of hydrogen-bond acceptors (Lipinski definition) is 1. The molecule has 0 saturated heterocycles. The summed E-state index contributed by atoms with van der Waals surface area (Å²) >= 11 is 12.2. The second-order valence-corrected chi connectivity index (χ2v) is 5.71. The first kappa shape index (κ1) is 15.8. The zero-order valence-corrected chi connectivity index (χ0v) is 13.0. The predicted molar refractivity (Wildman–Crippen MR) is 81.7 cm³/mol. The molecule has 0 aliphatic rings. The lowest BCUT2D eigenvalue weighted by atomic mass is 9.91. The average Bonchev–Trinajstić information content (AvgIpc) is 2.32. The van der Waals surface area contributed by atoms with Crippen LogP contribution in [0.4, 0.5) is 0 Å². The summed E-state index contributed by atoms with van der Waals surface area (Å²) in [6, 6.07) is 6.25. The van der Waals surface area contributed by atoms with Crippen molar-refractivity contribution in [3.8, 4) is 0 Å². The molecular weight excluding hydrogens is 265 g/mol. The predicted octanol–water partition coefficient (Wildman–Crippen LogP) is 4.95. The van der Waals surface area contributed by atoms with Gasteiger partial charge in [-0.05, 0) is 43.0 Å². The van der Waals surface area contributed by atoms with Gasteiger partial charge in [0.05, 0.1) is 0 Å². The molecule has 3 heteroatoms. The summed E-state index contributed by atoms with van der Waals surface area (Å²) in [4.78, 5) is 0. The van der Waals surface area contributed by atoms with Gasteiger partial charge in [-0.1, -0.05) is 56.5 Å². The Balaban J connectivity index is 2.75. The molecule has 0 heterocycles. The van der Waals surface area contributed by atoms with E-state index in [2.05, 4.69) is 26.1 Å². The fraction of sp³-hybridized carbons (Fsp3) is 0.600. The summed E-state index contributed by atoms with van der Waals surface area (Å²) in [5, 5.41) is 5.04. The Labute approximate surface area is 121 Å². The Kier molecular flexibility index (Phi) is 7.06. The maximum absolute atomic E-state index is 6.24. The summed E-state index contributed by atoms with van der Waals surface area (Å²) in [5.74, 6) is 0.654. The van der Waals surface area contributed by atoms with Crippen LogP contribution >= 0.6 is 23.2 Å². The van der Waals surface area contributed by atoms with Crippen molar-refractivity contribution in [1.29, 1.82) is 0 Å². The standard InChI is InChI=1S/C15H23Cl2N/c1-4-6-11(3)15(18-5-2)9-12-7-8-13(16)10-14(12)17/h7-8,10-11,15,18H,4-6,9H2,1-3H3. The number of halogens is 2. The minimum Gasteiger partial charge on any atom is -0.314 e. The Morgan fingerprint density at radius 1 is 1.22 bits per heavy atom. The van der Waals surface area contributed by atoms with Crippen LogP contribution in [-0.2, 0) is 6.42 Å². The molecule has 18 heavy (non-hydrogen) atoms. The largest absolute Gasteiger partial charge is 0.314 e. The first-order chi connectivity index (χ1) is 8.58. The monoisotopic (exact) mass is 287 g/mol. The highest BCUT2D eigenvalue weighted by Gasteiger charge is 2.17. The quantitative estimate of drug-likeness (QED) is 0.748. The van der Waals surface area contributed by atoms with Gasteiger partial charge < -0.3 is 5.32 Å². The zero-order valence-electron chi connectivity index (χ0n) is 11.5. The number of nitrogens with one attached hydrogen (secondary N) is 1. The highest BCUT2D eigenvalue weighted by Crippen LogP contribution is 2.24. The second kappa shape index (κ2) is 8.04. The SMILES string of the molecule is CCCC(C)C(Cc1ccc(Cl)cc1Cl)NCC. The van der Waals surface area contributed by atoms with Gasteiger partial charge in [0.2, 0.25) is 0 Å². The fourth-order valence-corrected chi connectivity index (χ4v) is 2.80. The van der Waals surface area contributed by atoms with Gasteiger partial charge in [0.25, 0.3) is 0 Å². The third-order valence-corrected chi connectivity index (χ3v) is 3.94. The molecule has 0 saturated carbocycles. The van der Waals surface area contributed by atoms with Crippen molar-refractivity contribution in [2.24, 2.45) is 5.92 Å². The lowest BCUT2D eigenvalue weighted by Crippen LogP contribution is -2.36. The molecule has 1 nitrogen and oxygen atoms in total. The van der Waals surface area contributed by atoms with Crippen LogP contribution in [0, 0.1) is 5.92 Å². The van der Waals surface area contributed by atoms with Crippen LogP contribution in [0.15, 0.2) is 18.2 Å². The highest BCUT2D eigenvalue weighted by atomic mass is 35.5. The third-order valence-electron chi connectivity index (χ3n) is 3.35. The van der Waals surface area contributed by atoms with Gasteiger partial charge in [-0.3, -0.25) is 0 Å². The fourth-order valence-electron chi connectivity index (χ4n) is 2.32.